The van der Waals surface area contributed by atoms with Crippen molar-refractivity contribution in [1.29, 1.82) is 0 Å². The van der Waals surface area contributed by atoms with Gasteiger partial charge in [0.25, 0.3) is 0 Å². The molecule has 6 rings (SSSR count). The molecule has 1 aliphatic heterocycles. The fraction of sp³-hybridized carbons (Fsp3) is 1.00. The molecule has 6 fully saturated rings. The van der Waals surface area contributed by atoms with Gasteiger partial charge in [-0.05, 0) is 140 Å². The largest absolute Gasteiger partial charge is 0.387 e. The average Bonchev–Trinajstić information content (AvgIpc) is 3.33. The van der Waals surface area contributed by atoms with E-state index in [-0.39, 0.29) is 0 Å². The van der Waals surface area contributed by atoms with Crippen LogP contribution in [0.5, 0.6) is 0 Å². The summed E-state index contributed by atoms with van der Waals surface area (Å²) < 4.78 is 5.48. The van der Waals surface area contributed by atoms with Crippen LogP contribution in [-0.4, -0.2) is 39.9 Å². The Bertz CT molecular complexity index is 934. The second-order valence-corrected chi connectivity index (χ2v) is 17.4. The van der Waals surface area contributed by atoms with E-state index in [0.29, 0.717) is 39.4 Å². The van der Waals surface area contributed by atoms with E-state index in [9.17, 15) is 15.3 Å². The van der Waals surface area contributed by atoms with Gasteiger partial charge in [-0.25, -0.2) is 0 Å². The molecule has 0 aromatic heterocycles. The van der Waals surface area contributed by atoms with Gasteiger partial charge in [-0.3, -0.25) is 0 Å². The summed E-state index contributed by atoms with van der Waals surface area (Å²) in [5.74, 6) is 4.74. The van der Waals surface area contributed by atoms with Crippen molar-refractivity contribution in [2.45, 2.75) is 157 Å². The monoisotopic (exact) mass is 544 g/mol. The van der Waals surface area contributed by atoms with Crippen molar-refractivity contribution in [3.63, 3.8) is 0 Å². The minimum atomic E-state index is -1.25. The van der Waals surface area contributed by atoms with Crippen LogP contribution < -0.4 is 0 Å². The normalized spacial score (nSPS) is 57.2. The number of fused-ring (bicyclic) bond motifs is 7. The third-order valence-electron chi connectivity index (χ3n) is 15.7. The molecule has 1 unspecified atom stereocenters. The van der Waals surface area contributed by atoms with Crippen LogP contribution in [0.3, 0.4) is 0 Å². The van der Waals surface area contributed by atoms with E-state index in [1.807, 2.05) is 0 Å². The SMILES string of the molecule is C[C@H](CC[C@H]1OC(O)[C@H](O)[C@@H]1O)[C@H]1CC[C@]2(C)[C@H]3CC[C@@H]4[C@@]5(C)CCCC(C)(C)[C@@H]5CC[C@@]4(C)[C@]3(C)CC[C@@H]12. The smallest absolute Gasteiger partial charge is 0.183 e. The van der Waals surface area contributed by atoms with E-state index in [4.69, 9.17) is 4.74 Å². The molecule has 0 radical (unpaired) electrons. The van der Waals surface area contributed by atoms with E-state index in [1.165, 1.54) is 70.6 Å². The van der Waals surface area contributed by atoms with Crippen molar-refractivity contribution < 1.29 is 20.1 Å². The summed E-state index contributed by atoms with van der Waals surface area (Å²) in [7, 11) is 0. The van der Waals surface area contributed by atoms with Crippen molar-refractivity contribution in [3.05, 3.63) is 0 Å². The summed E-state index contributed by atoms with van der Waals surface area (Å²) in [5, 5.41) is 30.0. The molecule has 5 saturated carbocycles. The number of rotatable bonds is 4. The second-order valence-electron chi connectivity index (χ2n) is 17.4. The number of hydrogen-bond acceptors (Lipinski definition) is 4. The summed E-state index contributed by atoms with van der Waals surface area (Å²) in [6.45, 7) is 18.5. The predicted molar refractivity (Wildman–Crippen MR) is 156 cm³/mol. The molecule has 3 N–H and O–H groups in total. The number of hydrogen-bond donors (Lipinski definition) is 3. The van der Waals surface area contributed by atoms with Crippen LogP contribution in [-0.2, 0) is 4.74 Å². The first-order chi connectivity index (χ1) is 18.2. The maximum Gasteiger partial charge on any atom is 0.183 e. The van der Waals surface area contributed by atoms with Crippen LogP contribution in [0.25, 0.3) is 0 Å². The van der Waals surface area contributed by atoms with Gasteiger partial charge in [0, 0.05) is 0 Å². The van der Waals surface area contributed by atoms with E-state index >= 15 is 0 Å². The van der Waals surface area contributed by atoms with Crippen LogP contribution in [0.4, 0.5) is 0 Å². The molecule has 1 heterocycles. The molecule has 6 aliphatic rings. The van der Waals surface area contributed by atoms with Gasteiger partial charge in [0.2, 0.25) is 0 Å². The van der Waals surface area contributed by atoms with Gasteiger partial charge in [0.1, 0.15) is 12.2 Å². The zero-order chi connectivity index (χ0) is 28.2. The molecule has 0 spiro atoms. The van der Waals surface area contributed by atoms with Gasteiger partial charge in [-0.1, -0.05) is 54.9 Å². The van der Waals surface area contributed by atoms with Gasteiger partial charge in [-0.2, -0.15) is 0 Å². The maximum absolute atomic E-state index is 10.3. The number of aliphatic hydroxyl groups is 3. The highest BCUT2D eigenvalue weighted by Gasteiger charge is 2.70. The topological polar surface area (TPSA) is 69.9 Å². The van der Waals surface area contributed by atoms with E-state index in [1.54, 1.807) is 0 Å². The van der Waals surface area contributed by atoms with Crippen molar-refractivity contribution in [2.24, 2.45) is 62.6 Å². The summed E-state index contributed by atoms with van der Waals surface area (Å²) in [6, 6.07) is 0. The molecule has 224 valence electrons. The van der Waals surface area contributed by atoms with Gasteiger partial charge >= 0.3 is 0 Å². The second kappa shape index (κ2) is 9.42. The minimum Gasteiger partial charge on any atom is -0.387 e. The molecule has 14 atom stereocenters. The fourth-order valence-electron chi connectivity index (χ4n) is 13.6. The standard InChI is InChI=1S/C35H60O4/c1-21(9-10-24-28(36)29(37)30(38)39-24)22-13-18-32(4)23(22)14-19-34(6)26(32)11-12-27-33(5)17-8-16-31(2,3)25(33)15-20-35(27,34)7/h21-30,36-38H,8-20H2,1-7H3/t21-,22-,23+,24-,25+,26-,27-,28-,29-,30?,32+,33+,34-,35-/m1/s1. The van der Waals surface area contributed by atoms with E-state index < -0.39 is 24.6 Å². The molecular formula is C35H60O4. The number of ether oxygens (including phenoxy) is 1. The maximum atomic E-state index is 10.3. The van der Waals surface area contributed by atoms with Crippen molar-refractivity contribution in [1.82, 2.24) is 0 Å². The molecule has 0 amide bonds. The molecule has 0 bridgehead atoms. The third-order valence-corrected chi connectivity index (χ3v) is 15.7. The minimum absolute atomic E-state index is 0.444. The highest BCUT2D eigenvalue weighted by atomic mass is 16.6. The van der Waals surface area contributed by atoms with Crippen LogP contribution in [0.1, 0.15) is 132 Å². The van der Waals surface area contributed by atoms with Crippen molar-refractivity contribution in [3.8, 4) is 0 Å². The lowest BCUT2D eigenvalue weighted by Crippen LogP contribution is -2.65. The molecule has 1 saturated heterocycles. The first kappa shape index (κ1) is 28.9. The van der Waals surface area contributed by atoms with Gasteiger partial charge < -0.3 is 20.1 Å². The van der Waals surface area contributed by atoms with Crippen molar-refractivity contribution >= 4 is 0 Å². The highest BCUT2D eigenvalue weighted by molar-refractivity contribution is 5.19. The lowest BCUT2D eigenvalue weighted by molar-refractivity contribution is -0.241. The summed E-state index contributed by atoms with van der Waals surface area (Å²) in [6.07, 6.45) is 13.4. The Labute approximate surface area is 239 Å². The highest BCUT2D eigenvalue weighted by Crippen LogP contribution is 2.78. The van der Waals surface area contributed by atoms with Crippen LogP contribution in [0.2, 0.25) is 0 Å². The summed E-state index contributed by atoms with van der Waals surface area (Å²) >= 11 is 0. The van der Waals surface area contributed by atoms with E-state index in [2.05, 4.69) is 48.5 Å². The van der Waals surface area contributed by atoms with Crippen LogP contribution in [0.15, 0.2) is 0 Å². The zero-order valence-electron chi connectivity index (χ0n) is 26.2. The Morgan fingerprint density at radius 3 is 1.97 bits per heavy atom. The Morgan fingerprint density at radius 2 is 1.33 bits per heavy atom. The number of aliphatic hydroxyl groups excluding tert-OH is 3. The average molecular weight is 545 g/mol. The third kappa shape index (κ3) is 3.96. The van der Waals surface area contributed by atoms with Gasteiger partial charge in [0.05, 0.1) is 6.10 Å². The van der Waals surface area contributed by atoms with Crippen LogP contribution in [0, 0.1) is 62.6 Å². The van der Waals surface area contributed by atoms with Gasteiger partial charge in [-0.15, -0.1) is 0 Å². The molecular weight excluding hydrogens is 484 g/mol. The lowest BCUT2D eigenvalue weighted by Gasteiger charge is -2.73. The summed E-state index contributed by atoms with van der Waals surface area (Å²) in [5.41, 5.74) is 2.37. The molecule has 4 heteroatoms. The Morgan fingerprint density at radius 1 is 0.692 bits per heavy atom. The lowest BCUT2D eigenvalue weighted by atomic mass is 9.32. The van der Waals surface area contributed by atoms with Gasteiger partial charge in [0.15, 0.2) is 6.29 Å². The quantitative estimate of drug-likeness (QED) is 0.346. The Hall–Kier alpha value is -0.160. The molecule has 39 heavy (non-hydrogen) atoms. The molecule has 0 aromatic rings. The Balaban J connectivity index is 1.19. The first-order valence-electron chi connectivity index (χ1n) is 16.9. The van der Waals surface area contributed by atoms with E-state index in [0.717, 1.165) is 36.0 Å². The summed E-state index contributed by atoms with van der Waals surface area (Å²) in [4.78, 5) is 0. The molecule has 0 aromatic carbocycles. The zero-order valence-corrected chi connectivity index (χ0v) is 26.2. The Kier molecular flexibility index (Phi) is 6.99. The molecule has 5 aliphatic carbocycles. The first-order valence-corrected chi connectivity index (χ1v) is 16.9. The van der Waals surface area contributed by atoms with Crippen molar-refractivity contribution in [2.75, 3.05) is 0 Å². The predicted octanol–water partition coefficient (Wildman–Crippen LogP) is 7.33. The van der Waals surface area contributed by atoms with Crippen LogP contribution >= 0.6 is 0 Å². The molecule has 4 nitrogen and oxygen atoms in total. The fourth-order valence-corrected chi connectivity index (χ4v) is 13.6.